The lowest BCUT2D eigenvalue weighted by Crippen LogP contribution is -2.04. The Balaban J connectivity index is 1.94. The van der Waals surface area contributed by atoms with E-state index in [1.807, 2.05) is 19.4 Å². The maximum Gasteiger partial charge on any atom is 0.217 e. The fourth-order valence-electron chi connectivity index (χ4n) is 1.49. The number of halogens is 1. The number of nitrogens with zero attached hydrogens (tertiary/aromatic N) is 3. The smallest absolute Gasteiger partial charge is 0.217 e. The second-order valence-corrected chi connectivity index (χ2v) is 5.51. The molecular formula is C12H14BrN3OS. The summed E-state index contributed by atoms with van der Waals surface area (Å²) in [6.07, 6.45) is 1.66. The lowest BCUT2D eigenvalue weighted by Gasteiger charge is -2.06. The molecule has 4 nitrogen and oxygen atoms in total. The van der Waals surface area contributed by atoms with E-state index in [0.717, 1.165) is 29.0 Å². The van der Waals surface area contributed by atoms with Crippen LogP contribution >= 0.6 is 27.3 Å². The molecule has 96 valence electrons. The van der Waals surface area contributed by atoms with Crippen LogP contribution < -0.4 is 4.74 Å². The van der Waals surface area contributed by atoms with E-state index in [1.165, 1.54) is 4.88 Å². The highest BCUT2D eigenvalue weighted by Crippen LogP contribution is 2.16. The van der Waals surface area contributed by atoms with Crippen LogP contribution in [0, 0.1) is 6.92 Å². The van der Waals surface area contributed by atoms with Gasteiger partial charge in [0.25, 0.3) is 0 Å². The zero-order valence-electron chi connectivity index (χ0n) is 10.3. The summed E-state index contributed by atoms with van der Waals surface area (Å²) < 4.78 is 6.42. The van der Waals surface area contributed by atoms with Crippen LogP contribution in [0.2, 0.25) is 0 Å². The molecule has 0 aliphatic rings. The Morgan fingerprint density at radius 1 is 1.39 bits per heavy atom. The molecule has 0 aliphatic heterocycles. The summed E-state index contributed by atoms with van der Waals surface area (Å²) in [4.78, 5) is 14.0. The minimum absolute atomic E-state index is 0.607. The number of hydrogen-bond donors (Lipinski definition) is 0. The molecule has 0 bridgehead atoms. The first-order valence-corrected chi connectivity index (χ1v) is 7.41. The molecule has 2 aromatic heterocycles. The largest absolute Gasteiger partial charge is 0.477 e. The van der Waals surface area contributed by atoms with Crippen molar-refractivity contribution >= 4 is 27.3 Å². The van der Waals surface area contributed by atoms with Crippen molar-refractivity contribution in [2.75, 3.05) is 6.61 Å². The van der Waals surface area contributed by atoms with Crippen molar-refractivity contribution in [3.05, 3.63) is 32.6 Å². The third-order valence-electron chi connectivity index (χ3n) is 2.46. The lowest BCUT2D eigenvalue weighted by molar-refractivity contribution is 0.308. The number of hydrogen-bond acceptors (Lipinski definition) is 5. The summed E-state index contributed by atoms with van der Waals surface area (Å²) in [7, 11) is 0. The van der Waals surface area contributed by atoms with Crippen molar-refractivity contribution in [2.45, 2.75) is 26.7 Å². The van der Waals surface area contributed by atoms with E-state index in [0.29, 0.717) is 12.5 Å². The van der Waals surface area contributed by atoms with Gasteiger partial charge in [-0.25, -0.2) is 9.97 Å². The minimum atomic E-state index is 0.607. The van der Waals surface area contributed by atoms with Gasteiger partial charge in [-0.05, 0) is 22.9 Å². The van der Waals surface area contributed by atoms with Gasteiger partial charge in [-0.2, -0.15) is 4.98 Å². The van der Waals surface area contributed by atoms with Gasteiger partial charge in [0, 0.05) is 23.8 Å². The number of rotatable bonds is 5. The Morgan fingerprint density at radius 2 is 2.22 bits per heavy atom. The molecule has 0 spiro atoms. The fourth-order valence-corrected chi connectivity index (χ4v) is 2.65. The van der Waals surface area contributed by atoms with E-state index in [4.69, 9.17) is 4.74 Å². The molecule has 2 aromatic rings. The van der Waals surface area contributed by atoms with Crippen molar-refractivity contribution in [1.82, 2.24) is 15.0 Å². The average molecular weight is 328 g/mol. The molecule has 0 amide bonds. The lowest BCUT2D eigenvalue weighted by atomic mass is 10.3. The molecule has 0 fully saturated rings. The molecular weight excluding hydrogens is 314 g/mol. The first-order valence-electron chi connectivity index (χ1n) is 5.74. The van der Waals surface area contributed by atoms with Gasteiger partial charge in [0.05, 0.1) is 17.8 Å². The Hall–Kier alpha value is -1.01. The van der Waals surface area contributed by atoms with Crippen LogP contribution in [-0.4, -0.2) is 21.6 Å². The molecule has 6 heteroatoms. The Kier molecular flexibility index (Phi) is 4.66. The summed E-state index contributed by atoms with van der Waals surface area (Å²) in [5.41, 5.74) is 2.95. The molecule has 0 saturated heterocycles. The molecule has 0 unspecified atom stereocenters. The summed E-state index contributed by atoms with van der Waals surface area (Å²) >= 11 is 5.02. The number of aromatic nitrogens is 3. The van der Waals surface area contributed by atoms with Gasteiger partial charge >= 0.3 is 0 Å². The van der Waals surface area contributed by atoms with Gasteiger partial charge in [0.1, 0.15) is 10.4 Å². The topological polar surface area (TPSA) is 47.9 Å². The molecule has 0 saturated carbocycles. The van der Waals surface area contributed by atoms with Crippen LogP contribution in [0.3, 0.4) is 0 Å². The monoisotopic (exact) mass is 327 g/mol. The average Bonchev–Trinajstić information content (AvgIpc) is 2.74. The van der Waals surface area contributed by atoms with Crippen LogP contribution in [-0.2, 0) is 12.8 Å². The summed E-state index contributed by atoms with van der Waals surface area (Å²) in [6, 6.07) is 1.79. The van der Waals surface area contributed by atoms with Crippen LogP contribution in [0.1, 0.15) is 23.3 Å². The molecule has 0 atom stereocenters. The minimum Gasteiger partial charge on any atom is -0.477 e. The van der Waals surface area contributed by atoms with E-state index >= 15 is 0 Å². The maximum absolute atomic E-state index is 5.66. The second kappa shape index (κ2) is 6.24. The van der Waals surface area contributed by atoms with Crippen LogP contribution in [0.15, 0.2) is 16.2 Å². The van der Waals surface area contributed by atoms with Crippen molar-refractivity contribution < 1.29 is 4.74 Å². The summed E-state index contributed by atoms with van der Waals surface area (Å²) in [5.74, 6) is 1.41. The van der Waals surface area contributed by atoms with Gasteiger partial charge in [-0.3, -0.25) is 0 Å². The molecule has 2 rings (SSSR count). The van der Waals surface area contributed by atoms with E-state index in [-0.39, 0.29) is 0 Å². The van der Waals surface area contributed by atoms with Crippen molar-refractivity contribution in [1.29, 1.82) is 0 Å². The van der Waals surface area contributed by atoms with Crippen molar-refractivity contribution in [2.24, 2.45) is 0 Å². The summed E-state index contributed by atoms with van der Waals surface area (Å²) in [6.45, 7) is 4.64. The molecule has 0 aromatic carbocycles. The fraction of sp³-hybridized carbons (Fsp3) is 0.417. The van der Waals surface area contributed by atoms with E-state index in [1.54, 1.807) is 17.4 Å². The van der Waals surface area contributed by atoms with Gasteiger partial charge < -0.3 is 4.74 Å². The zero-order valence-corrected chi connectivity index (χ0v) is 12.7. The first-order chi connectivity index (χ1) is 8.69. The predicted molar refractivity (Wildman–Crippen MR) is 75.2 cm³/mol. The highest BCUT2D eigenvalue weighted by Gasteiger charge is 2.05. The molecule has 0 N–H and O–H groups in total. The van der Waals surface area contributed by atoms with Crippen molar-refractivity contribution in [3.63, 3.8) is 0 Å². The van der Waals surface area contributed by atoms with E-state index < -0.39 is 0 Å². The highest BCUT2D eigenvalue weighted by atomic mass is 79.9. The molecule has 2 heterocycles. The van der Waals surface area contributed by atoms with Crippen LogP contribution in [0.5, 0.6) is 5.88 Å². The third-order valence-corrected chi connectivity index (χ3v) is 3.86. The maximum atomic E-state index is 5.66. The Morgan fingerprint density at radius 3 is 2.89 bits per heavy atom. The normalized spacial score (nSPS) is 10.6. The SMILES string of the molecule is CCc1nc(Br)cc(OCCc2scnc2C)n1. The quantitative estimate of drug-likeness (QED) is 0.791. The Labute approximate surface area is 119 Å². The van der Waals surface area contributed by atoms with E-state index in [2.05, 4.69) is 30.9 Å². The van der Waals surface area contributed by atoms with Gasteiger partial charge in [-0.15, -0.1) is 11.3 Å². The van der Waals surface area contributed by atoms with Crippen molar-refractivity contribution in [3.8, 4) is 5.88 Å². The van der Waals surface area contributed by atoms with Gasteiger partial charge in [0.2, 0.25) is 5.88 Å². The van der Waals surface area contributed by atoms with E-state index in [9.17, 15) is 0 Å². The van der Waals surface area contributed by atoms with Crippen LogP contribution in [0.25, 0.3) is 0 Å². The molecule has 0 radical (unpaired) electrons. The molecule has 0 aliphatic carbocycles. The highest BCUT2D eigenvalue weighted by molar-refractivity contribution is 9.10. The number of aryl methyl sites for hydroxylation is 2. The summed E-state index contributed by atoms with van der Waals surface area (Å²) in [5, 5.41) is 0. The predicted octanol–water partition coefficient (Wildman–Crippen LogP) is 3.19. The number of thiazole rings is 1. The Bertz CT molecular complexity index is 530. The number of ether oxygens (including phenoxy) is 1. The van der Waals surface area contributed by atoms with Crippen LogP contribution in [0.4, 0.5) is 0 Å². The second-order valence-electron chi connectivity index (χ2n) is 3.76. The molecule has 18 heavy (non-hydrogen) atoms. The zero-order chi connectivity index (χ0) is 13.0. The first kappa shape index (κ1) is 13.4. The standard InChI is InChI=1S/C12H14BrN3OS/c1-3-11-15-10(13)6-12(16-11)17-5-4-9-8(2)14-7-18-9/h6-7H,3-5H2,1-2H3. The third kappa shape index (κ3) is 3.49. The van der Waals surface area contributed by atoms with Gasteiger partial charge in [-0.1, -0.05) is 6.92 Å². The van der Waals surface area contributed by atoms with Gasteiger partial charge in [0.15, 0.2) is 0 Å².